The third kappa shape index (κ3) is 2.76. The highest BCUT2D eigenvalue weighted by molar-refractivity contribution is 5.95. The molecule has 1 aromatic carbocycles. The number of rotatable bonds is 2. The van der Waals surface area contributed by atoms with Gasteiger partial charge in [0.1, 0.15) is 5.75 Å². The number of benzene rings is 1. The van der Waals surface area contributed by atoms with Gasteiger partial charge in [-0.1, -0.05) is 0 Å². The summed E-state index contributed by atoms with van der Waals surface area (Å²) in [6, 6.07) is 5.22. The van der Waals surface area contributed by atoms with E-state index in [1.807, 2.05) is 0 Å². The number of nitrogens with two attached hydrogens (primary N) is 1. The molecule has 2 amide bonds. The third-order valence-electron chi connectivity index (χ3n) is 3.70. The molecule has 21 heavy (non-hydrogen) atoms. The molecule has 1 aromatic rings. The van der Waals surface area contributed by atoms with Crippen molar-refractivity contribution >= 4 is 11.7 Å². The van der Waals surface area contributed by atoms with E-state index >= 15 is 0 Å². The molecule has 2 heterocycles. The average molecular weight is 301 g/mol. The Balaban J connectivity index is 1.72. The van der Waals surface area contributed by atoms with Crippen molar-refractivity contribution in [3.8, 4) is 5.75 Å². The van der Waals surface area contributed by atoms with Crippen LogP contribution < -0.4 is 15.4 Å². The number of carbonyl (C=O) groups excluding carboxylic acids is 1. The summed E-state index contributed by atoms with van der Waals surface area (Å²) in [6.45, 7) is 1.03. The number of halogens is 3. The van der Waals surface area contributed by atoms with E-state index < -0.39 is 6.36 Å². The van der Waals surface area contributed by atoms with Gasteiger partial charge in [0.05, 0.1) is 6.04 Å². The molecule has 2 N–H and O–H groups in total. The van der Waals surface area contributed by atoms with Gasteiger partial charge in [-0.3, -0.25) is 4.90 Å². The zero-order valence-electron chi connectivity index (χ0n) is 11.0. The smallest absolute Gasteiger partial charge is 0.406 e. The molecule has 2 aliphatic heterocycles. The van der Waals surface area contributed by atoms with Gasteiger partial charge >= 0.3 is 12.4 Å². The Morgan fingerprint density at radius 1 is 1.19 bits per heavy atom. The molecule has 8 heteroatoms. The standard InChI is InChI=1S/C13H14F3N3O2/c14-13(15,16)21-11-3-1-9(2-4-11)19-7-10-5-8(17)6-18(10)12(19)20/h1-4,8,10H,5-7,17H2/t8-,10+/m1/s1. The molecule has 0 bridgehead atoms. The van der Waals surface area contributed by atoms with E-state index in [4.69, 9.17) is 5.73 Å². The van der Waals surface area contributed by atoms with Crippen molar-refractivity contribution in [3.05, 3.63) is 24.3 Å². The van der Waals surface area contributed by atoms with E-state index in [1.165, 1.54) is 24.3 Å². The van der Waals surface area contributed by atoms with E-state index in [2.05, 4.69) is 4.74 Å². The molecule has 0 saturated carbocycles. The molecule has 0 radical (unpaired) electrons. The van der Waals surface area contributed by atoms with Crippen molar-refractivity contribution in [1.82, 2.24) is 4.90 Å². The second-order valence-corrected chi connectivity index (χ2v) is 5.24. The molecule has 114 valence electrons. The lowest BCUT2D eigenvalue weighted by atomic mass is 10.2. The largest absolute Gasteiger partial charge is 0.573 e. The Bertz CT molecular complexity index is 547. The van der Waals surface area contributed by atoms with Crippen LogP contribution in [0, 0.1) is 0 Å². The van der Waals surface area contributed by atoms with Crippen molar-refractivity contribution in [1.29, 1.82) is 0 Å². The first-order valence-electron chi connectivity index (χ1n) is 6.53. The topological polar surface area (TPSA) is 58.8 Å². The van der Waals surface area contributed by atoms with Crippen molar-refractivity contribution in [2.45, 2.75) is 24.9 Å². The predicted octanol–water partition coefficient (Wildman–Crippen LogP) is 1.93. The third-order valence-corrected chi connectivity index (χ3v) is 3.70. The van der Waals surface area contributed by atoms with Gasteiger partial charge in [-0.2, -0.15) is 0 Å². The first kappa shape index (κ1) is 14.0. The molecule has 0 spiro atoms. The molecule has 0 unspecified atom stereocenters. The van der Waals surface area contributed by atoms with Crippen molar-refractivity contribution in [2.24, 2.45) is 5.73 Å². The minimum atomic E-state index is -4.72. The number of carbonyl (C=O) groups is 1. The number of hydrogen-bond acceptors (Lipinski definition) is 3. The molecule has 2 saturated heterocycles. The monoisotopic (exact) mass is 301 g/mol. The Morgan fingerprint density at radius 2 is 1.86 bits per heavy atom. The minimum absolute atomic E-state index is 0.00339. The molecule has 5 nitrogen and oxygen atoms in total. The SMILES string of the molecule is N[C@@H]1C[C@H]2CN(c3ccc(OC(F)(F)F)cc3)C(=O)N2C1. The first-order chi connectivity index (χ1) is 9.83. The summed E-state index contributed by atoms with van der Waals surface area (Å²) in [6.07, 6.45) is -3.97. The molecule has 3 rings (SSSR count). The highest BCUT2D eigenvalue weighted by Gasteiger charge is 2.43. The lowest BCUT2D eigenvalue weighted by molar-refractivity contribution is -0.274. The number of nitrogens with zero attached hydrogens (tertiary/aromatic N) is 2. The van der Waals surface area contributed by atoms with Gasteiger partial charge in [0.2, 0.25) is 0 Å². The summed E-state index contributed by atoms with van der Waals surface area (Å²) in [5.41, 5.74) is 6.37. The number of anilines is 1. The van der Waals surface area contributed by atoms with Crippen LogP contribution in [-0.2, 0) is 0 Å². The van der Waals surface area contributed by atoms with Gasteiger partial charge in [0.25, 0.3) is 0 Å². The van der Waals surface area contributed by atoms with Crippen molar-refractivity contribution < 1.29 is 22.7 Å². The lowest BCUT2D eigenvalue weighted by Gasteiger charge is -2.18. The van der Waals surface area contributed by atoms with Crippen LogP contribution in [0.15, 0.2) is 24.3 Å². The second kappa shape index (κ2) is 4.80. The summed E-state index contributed by atoms with van der Waals surface area (Å²) in [5.74, 6) is -0.305. The van der Waals surface area contributed by atoms with Gasteiger partial charge in [-0.05, 0) is 30.7 Å². The first-order valence-corrected chi connectivity index (χ1v) is 6.53. The molecular weight excluding hydrogens is 287 g/mol. The summed E-state index contributed by atoms with van der Waals surface area (Å²) < 4.78 is 40.1. The summed E-state index contributed by atoms with van der Waals surface area (Å²) >= 11 is 0. The predicted molar refractivity (Wildman–Crippen MR) is 69.0 cm³/mol. The number of hydrogen-bond donors (Lipinski definition) is 1. The van der Waals surface area contributed by atoms with Crippen LogP contribution in [0.4, 0.5) is 23.7 Å². The second-order valence-electron chi connectivity index (χ2n) is 5.24. The number of alkyl halides is 3. The lowest BCUT2D eigenvalue weighted by Crippen LogP contribution is -2.35. The Kier molecular flexibility index (Phi) is 3.20. The average Bonchev–Trinajstić information content (AvgIpc) is 2.87. The van der Waals surface area contributed by atoms with Gasteiger partial charge in [-0.15, -0.1) is 13.2 Å². The summed E-state index contributed by atoms with van der Waals surface area (Å²) in [5, 5.41) is 0. The summed E-state index contributed by atoms with van der Waals surface area (Å²) in [7, 11) is 0. The van der Waals surface area contributed by atoms with Crippen LogP contribution >= 0.6 is 0 Å². The van der Waals surface area contributed by atoms with Crippen molar-refractivity contribution in [3.63, 3.8) is 0 Å². The highest BCUT2D eigenvalue weighted by Crippen LogP contribution is 2.31. The molecule has 2 atom stereocenters. The zero-order chi connectivity index (χ0) is 15.2. The van der Waals surface area contributed by atoms with E-state index in [0.29, 0.717) is 18.8 Å². The van der Waals surface area contributed by atoms with E-state index in [1.54, 1.807) is 9.80 Å². The molecule has 0 aliphatic carbocycles. The van der Waals surface area contributed by atoms with Crippen LogP contribution in [0.1, 0.15) is 6.42 Å². The molecule has 2 aliphatic rings. The minimum Gasteiger partial charge on any atom is -0.406 e. The number of amides is 2. The number of ether oxygens (including phenoxy) is 1. The van der Waals surface area contributed by atoms with E-state index in [0.717, 1.165) is 6.42 Å². The van der Waals surface area contributed by atoms with Crippen LogP contribution in [-0.4, -0.2) is 42.5 Å². The van der Waals surface area contributed by atoms with Gasteiger partial charge in [0, 0.05) is 24.8 Å². The fraction of sp³-hybridized carbons (Fsp3) is 0.462. The fourth-order valence-electron chi connectivity index (χ4n) is 2.85. The molecular formula is C13H14F3N3O2. The normalized spacial score (nSPS) is 25.4. The molecule has 0 aromatic heterocycles. The maximum atomic E-state index is 12.2. The van der Waals surface area contributed by atoms with Gasteiger partial charge in [0.15, 0.2) is 0 Å². The molecule has 2 fully saturated rings. The Labute approximate surface area is 119 Å². The van der Waals surface area contributed by atoms with Crippen LogP contribution in [0.5, 0.6) is 5.75 Å². The van der Waals surface area contributed by atoms with Crippen molar-refractivity contribution in [2.75, 3.05) is 18.0 Å². The Hall–Kier alpha value is -1.96. The van der Waals surface area contributed by atoms with E-state index in [9.17, 15) is 18.0 Å². The maximum Gasteiger partial charge on any atom is 0.573 e. The summed E-state index contributed by atoms with van der Waals surface area (Å²) in [4.78, 5) is 15.5. The van der Waals surface area contributed by atoms with Crippen LogP contribution in [0.3, 0.4) is 0 Å². The quantitative estimate of drug-likeness (QED) is 0.908. The van der Waals surface area contributed by atoms with E-state index in [-0.39, 0.29) is 23.9 Å². The fourth-order valence-corrected chi connectivity index (χ4v) is 2.85. The van der Waals surface area contributed by atoms with Crippen LogP contribution in [0.25, 0.3) is 0 Å². The number of fused-ring (bicyclic) bond motifs is 1. The highest BCUT2D eigenvalue weighted by atomic mass is 19.4. The van der Waals surface area contributed by atoms with Gasteiger partial charge < -0.3 is 15.4 Å². The zero-order valence-corrected chi connectivity index (χ0v) is 11.0. The number of urea groups is 1. The maximum absolute atomic E-state index is 12.2. The Morgan fingerprint density at radius 3 is 2.43 bits per heavy atom. The van der Waals surface area contributed by atoms with Crippen LogP contribution in [0.2, 0.25) is 0 Å². The van der Waals surface area contributed by atoms with Gasteiger partial charge in [-0.25, -0.2) is 4.79 Å².